The zero-order valence-electron chi connectivity index (χ0n) is 22.3. The van der Waals surface area contributed by atoms with Gasteiger partial charge in [0, 0.05) is 48.0 Å². The number of aryl methyl sites for hydroxylation is 2. The number of carboxylic acids is 1. The topological polar surface area (TPSA) is 93.3 Å². The van der Waals surface area contributed by atoms with E-state index in [0.717, 1.165) is 60.0 Å². The number of halogens is 1. The first-order chi connectivity index (χ1) is 16.5. The molecule has 0 aromatic carbocycles. The fourth-order valence-corrected chi connectivity index (χ4v) is 5.64. The molecule has 4 rings (SSSR count). The summed E-state index contributed by atoms with van der Waals surface area (Å²) in [6, 6.07) is 3.90. The maximum absolute atomic E-state index is 13.1. The summed E-state index contributed by atoms with van der Waals surface area (Å²) in [4.78, 5) is 29.0. The number of carbonyl (C=O) groups is 2. The van der Waals surface area contributed by atoms with E-state index in [1.165, 1.54) is 12.0 Å². The molecule has 0 saturated heterocycles. The van der Waals surface area contributed by atoms with Crippen molar-refractivity contribution in [3.63, 3.8) is 0 Å². The lowest BCUT2D eigenvalue weighted by atomic mass is 9.66. The monoisotopic (exact) mass is 516 g/mol. The van der Waals surface area contributed by atoms with Crippen LogP contribution in [0.5, 0.6) is 0 Å². The van der Waals surface area contributed by atoms with Gasteiger partial charge in [0.2, 0.25) is 0 Å². The predicted octanol–water partition coefficient (Wildman–Crippen LogP) is 7.07. The van der Waals surface area contributed by atoms with Crippen molar-refractivity contribution in [3.05, 3.63) is 46.1 Å². The number of rotatable bonds is 11. The second-order valence-corrected chi connectivity index (χ2v) is 12.2. The number of aromatic nitrogens is 2. The molecule has 0 radical (unpaired) electrons. The average molecular weight is 517 g/mol. The minimum Gasteiger partial charge on any atom is -0.481 e. The van der Waals surface area contributed by atoms with Crippen LogP contribution in [0.3, 0.4) is 0 Å². The summed E-state index contributed by atoms with van der Waals surface area (Å²) in [5, 5.41) is 13.9. The number of carbonyl (C=O) groups excluding carboxylic acids is 1. The van der Waals surface area contributed by atoms with Gasteiger partial charge in [-0.2, -0.15) is 0 Å². The molecule has 0 amide bonds. The molecule has 2 aliphatic carbocycles. The van der Waals surface area contributed by atoms with E-state index in [0.29, 0.717) is 23.7 Å². The third kappa shape index (κ3) is 7.18. The zero-order valence-corrected chi connectivity index (χ0v) is 23.1. The first-order valence-corrected chi connectivity index (χ1v) is 13.2. The number of ketones is 1. The fraction of sp³-hybridized carbons (Fsp3) is 0.655. The van der Waals surface area contributed by atoms with E-state index in [2.05, 4.69) is 30.9 Å². The molecule has 0 aliphatic heterocycles. The molecule has 2 aliphatic rings. The molecule has 7 heteroatoms. The van der Waals surface area contributed by atoms with E-state index >= 15 is 0 Å². The van der Waals surface area contributed by atoms with E-state index in [1.807, 2.05) is 26.0 Å². The Kier molecular flexibility index (Phi) is 9.02. The Morgan fingerprint density at radius 1 is 1.14 bits per heavy atom. The number of carboxylic acid groups (broad SMARTS) is 1. The molecule has 1 N–H and O–H groups in total. The minimum atomic E-state index is -0.848. The minimum absolute atomic E-state index is 0. The first-order valence-electron chi connectivity index (χ1n) is 13.2. The van der Waals surface area contributed by atoms with Crippen molar-refractivity contribution in [2.45, 2.75) is 110 Å². The van der Waals surface area contributed by atoms with Crippen LogP contribution in [0, 0.1) is 25.2 Å². The number of hydrogen-bond donors (Lipinski definition) is 1. The Labute approximate surface area is 221 Å². The highest BCUT2D eigenvalue weighted by Gasteiger charge is 2.42. The summed E-state index contributed by atoms with van der Waals surface area (Å²) in [5.74, 6) is 1.55. The fourth-order valence-electron chi connectivity index (χ4n) is 5.64. The second-order valence-electron chi connectivity index (χ2n) is 12.2. The predicted molar refractivity (Wildman–Crippen MR) is 142 cm³/mol. The lowest BCUT2D eigenvalue weighted by Crippen LogP contribution is -2.26. The van der Waals surface area contributed by atoms with E-state index in [9.17, 15) is 14.7 Å². The normalized spacial score (nSPS) is 20.4. The Balaban J connectivity index is 0.00000361. The van der Waals surface area contributed by atoms with Crippen LogP contribution in [-0.2, 0) is 16.0 Å². The molecule has 36 heavy (non-hydrogen) atoms. The third-order valence-corrected chi connectivity index (χ3v) is 7.63. The smallest absolute Gasteiger partial charge is 0.303 e. The number of Topliss-reactive ketones (excluding diaryl/α,β-unsaturated/α-hetero) is 1. The highest BCUT2D eigenvalue weighted by atomic mass is 35.5. The SMILES string of the molecule is Cc1ccc(CC(=O)C[C@H](CCC(=O)O)c2noc(C3CC(CC(C)(C)C)C3)c2C2CC2)nc1C.Cl. The maximum Gasteiger partial charge on any atom is 0.303 e. The zero-order chi connectivity index (χ0) is 25.3. The van der Waals surface area contributed by atoms with Gasteiger partial charge < -0.3 is 9.63 Å². The van der Waals surface area contributed by atoms with Crippen molar-refractivity contribution in [2.75, 3.05) is 0 Å². The molecule has 198 valence electrons. The van der Waals surface area contributed by atoms with E-state index in [-0.39, 0.29) is 43.4 Å². The molecule has 0 unspecified atom stereocenters. The molecule has 6 nitrogen and oxygen atoms in total. The third-order valence-electron chi connectivity index (χ3n) is 7.63. The molecular formula is C29H41ClN2O4. The van der Waals surface area contributed by atoms with Crippen molar-refractivity contribution in [1.29, 1.82) is 0 Å². The number of nitrogens with zero attached hydrogens (tertiary/aromatic N) is 2. The molecule has 1 atom stereocenters. The molecule has 2 saturated carbocycles. The van der Waals surface area contributed by atoms with Crippen molar-refractivity contribution < 1.29 is 19.2 Å². The van der Waals surface area contributed by atoms with Crippen LogP contribution >= 0.6 is 12.4 Å². The summed E-state index contributed by atoms with van der Waals surface area (Å²) in [6.45, 7) is 10.8. The van der Waals surface area contributed by atoms with Crippen molar-refractivity contribution in [1.82, 2.24) is 10.1 Å². The van der Waals surface area contributed by atoms with Gasteiger partial charge in [0.1, 0.15) is 11.5 Å². The molecular weight excluding hydrogens is 476 g/mol. The second kappa shape index (κ2) is 11.5. The molecule has 0 spiro atoms. The Hall–Kier alpha value is -2.21. The summed E-state index contributed by atoms with van der Waals surface area (Å²) in [6.07, 6.45) is 6.64. The lowest BCUT2D eigenvalue weighted by molar-refractivity contribution is -0.137. The van der Waals surface area contributed by atoms with Crippen LogP contribution in [-0.4, -0.2) is 27.0 Å². The summed E-state index contributed by atoms with van der Waals surface area (Å²) < 4.78 is 5.97. The highest BCUT2D eigenvalue weighted by Crippen LogP contribution is 2.53. The van der Waals surface area contributed by atoms with Gasteiger partial charge in [0.25, 0.3) is 0 Å². The molecule has 2 heterocycles. The maximum atomic E-state index is 13.1. The van der Waals surface area contributed by atoms with E-state index < -0.39 is 5.97 Å². The Bertz CT molecular complexity index is 1080. The summed E-state index contributed by atoms with van der Waals surface area (Å²) in [7, 11) is 0. The molecule has 2 fully saturated rings. The molecule has 2 aromatic rings. The van der Waals surface area contributed by atoms with Gasteiger partial charge in [-0.15, -0.1) is 12.4 Å². The van der Waals surface area contributed by atoms with Gasteiger partial charge in [-0.1, -0.05) is 32.0 Å². The molecule has 0 bridgehead atoms. The summed E-state index contributed by atoms with van der Waals surface area (Å²) >= 11 is 0. The van der Waals surface area contributed by atoms with Crippen molar-refractivity contribution in [2.24, 2.45) is 11.3 Å². The summed E-state index contributed by atoms with van der Waals surface area (Å²) in [5.41, 5.74) is 5.15. The number of hydrogen-bond acceptors (Lipinski definition) is 5. The van der Waals surface area contributed by atoms with Gasteiger partial charge in [0.05, 0.1) is 5.69 Å². The number of pyridine rings is 1. The lowest BCUT2D eigenvalue weighted by Gasteiger charge is -2.38. The van der Waals surface area contributed by atoms with Gasteiger partial charge in [-0.05, 0) is 81.3 Å². The van der Waals surface area contributed by atoms with Crippen LogP contribution in [0.15, 0.2) is 16.7 Å². The largest absolute Gasteiger partial charge is 0.481 e. The van der Waals surface area contributed by atoms with Crippen LogP contribution in [0.25, 0.3) is 0 Å². The van der Waals surface area contributed by atoms with Gasteiger partial charge in [0.15, 0.2) is 0 Å². The highest BCUT2D eigenvalue weighted by molar-refractivity contribution is 5.85. The van der Waals surface area contributed by atoms with Crippen LogP contribution < -0.4 is 0 Å². The standard InChI is InChI=1S/C29H40N2O4.ClH/c1-17-6-10-23(30-18(17)2)15-24(32)14-21(9-11-25(33)34)27-26(20-7-8-20)28(35-31-27)22-12-19(13-22)16-29(3,4)5;/h6,10,19-22H,7-9,11-16H2,1-5H3,(H,33,34);1H/t19?,21-,22?;/m0./s1. The Morgan fingerprint density at radius 3 is 2.42 bits per heavy atom. The first kappa shape index (κ1) is 28.4. The van der Waals surface area contributed by atoms with Gasteiger partial charge >= 0.3 is 5.97 Å². The Morgan fingerprint density at radius 2 is 1.83 bits per heavy atom. The molecule has 2 aromatic heterocycles. The van der Waals surface area contributed by atoms with Crippen molar-refractivity contribution in [3.8, 4) is 0 Å². The van der Waals surface area contributed by atoms with E-state index in [1.54, 1.807) is 0 Å². The number of aliphatic carboxylic acids is 1. The average Bonchev–Trinajstić information content (AvgIpc) is 3.48. The van der Waals surface area contributed by atoms with Gasteiger partial charge in [-0.3, -0.25) is 14.6 Å². The quantitative estimate of drug-likeness (QED) is 0.343. The van der Waals surface area contributed by atoms with Crippen molar-refractivity contribution >= 4 is 24.2 Å². The van der Waals surface area contributed by atoms with Crippen LogP contribution in [0.4, 0.5) is 0 Å². The van der Waals surface area contributed by atoms with Crippen LogP contribution in [0.1, 0.15) is 124 Å². The van der Waals surface area contributed by atoms with E-state index in [4.69, 9.17) is 4.52 Å². The van der Waals surface area contributed by atoms with Crippen LogP contribution in [0.2, 0.25) is 0 Å². The van der Waals surface area contributed by atoms with Gasteiger partial charge in [-0.25, -0.2) is 0 Å².